The number of aromatic nitrogens is 6. The molecule has 0 amide bonds. The van der Waals surface area contributed by atoms with Gasteiger partial charge in [0.05, 0.1) is 22.1 Å². The first kappa shape index (κ1) is 33.4. The fraction of sp³-hybridized carbons (Fsp3) is 0. The lowest BCUT2D eigenvalue weighted by Gasteiger charge is -2.12. The fourth-order valence-corrected chi connectivity index (χ4v) is 9.74. The number of hydrogen-bond donors (Lipinski definition) is 0. The number of para-hydroxylation sites is 5. The van der Waals surface area contributed by atoms with Crippen LogP contribution in [-0.2, 0) is 0 Å². The summed E-state index contributed by atoms with van der Waals surface area (Å²) in [5.41, 5.74) is 10.3. The maximum absolute atomic E-state index is 5.29. The van der Waals surface area contributed by atoms with Crippen molar-refractivity contribution in [2.45, 2.75) is 0 Å². The summed E-state index contributed by atoms with van der Waals surface area (Å²) >= 11 is 1.78. The molecule has 0 aliphatic rings. The minimum atomic E-state index is 0.616. The lowest BCUT2D eigenvalue weighted by molar-refractivity contribution is 1.07. The lowest BCUT2D eigenvalue weighted by atomic mass is 10.0. The molecule has 0 bridgehead atoms. The van der Waals surface area contributed by atoms with Crippen molar-refractivity contribution in [1.29, 1.82) is 0 Å². The van der Waals surface area contributed by atoms with E-state index in [9.17, 15) is 0 Å². The number of rotatable bonds is 6. The third kappa shape index (κ3) is 5.40. The Balaban J connectivity index is 1.06. The van der Waals surface area contributed by atoms with Crippen LogP contribution in [0.4, 0.5) is 0 Å². The van der Waals surface area contributed by atoms with Gasteiger partial charge in [-0.25, -0.2) is 19.9 Å². The molecule has 0 aliphatic heterocycles. The Hall–Kier alpha value is -7.74. The molecule has 0 spiro atoms. The normalized spacial score (nSPS) is 11.7. The highest BCUT2D eigenvalue weighted by Crippen LogP contribution is 2.45. The summed E-state index contributed by atoms with van der Waals surface area (Å²) in [6.07, 6.45) is 0. The van der Waals surface area contributed by atoms with Gasteiger partial charge in [-0.3, -0.25) is 4.57 Å². The van der Waals surface area contributed by atoms with Crippen LogP contribution in [0.15, 0.2) is 194 Å². The van der Waals surface area contributed by atoms with Crippen molar-refractivity contribution in [2.75, 3.05) is 0 Å². The molecule has 8 aromatic carbocycles. The number of benzene rings is 8. The van der Waals surface area contributed by atoms with Gasteiger partial charge in [0, 0.05) is 64.6 Å². The summed E-state index contributed by atoms with van der Waals surface area (Å²) < 4.78 is 6.93. The fourth-order valence-electron chi connectivity index (χ4n) is 8.59. The van der Waals surface area contributed by atoms with Crippen molar-refractivity contribution in [1.82, 2.24) is 29.1 Å². The van der Waals surface area contributed by atoms with Crippen molar-refractivity contribution < 1.29 is 0 Å². The zero-order chi connectivity index (χ0) is 38.9. The molecule has 276 valence electrons. The van der Waals surface area contributed by atoms with Crippen molar-refractivity contribution in [2.24, 2.45) is 0 Å². The zero-order valence-electron chi connectivity index (χ0n) is 31.6. The summed E-state index contributed by atoms with van der Waals surface area (Å²) in [5.74, 6) is 2.75. The quantitative estimate of drug-likeness (QED) is 0.169. The van der Waals surface area contributed by atoms with Gasteiger partial charge in [0.15, 0.2) is 17.5 Å². The van der Waals surface area contributed by atoms with Crippen LogP contribution < -0.4 is 0 Å². The first-order valence-electron chi connectivity index (χ1n) is 19.7. The molecule has 4 aromatic heterocycles. The summed E-state index contributed by atoms with van der Waals surface area (Å²) in [6, 6.07) is 67.7. The predicted octanol–water partition coefficient (Wildman–Crippen LogP) is 13.3. The third-order valence-electron chi connectivity index (χ3n) is 11.2. The molecule has 59 heavy (non-hydrogen) atoms. The SMILES string of the molecule is c1ccc(-c2nc(-c3ccc(-n4c5ccccc5c5ccccc54)cc3)nc(-c3cccc4sc5cccc(-c6nc7ccccc7n6-c6ccccc6)c5c34)n2)cc1. The maximum Gasteiger partial charge on any atom is 0.164 e. The van der Waals surface area contributed by atoms with Crippen LogP contribution in [0.2, 0.25) is 0 Å². The molecular formula is C52H32N6S. The summed E-state index contributed by atoms with van der Waals surface area (Å²) in [7, 11) is 0. The molecular weight excluding hydrogens is 741 g/mol. The monoisotopic (exact) mass is 772 g/mol. The number of thiophene rings is 1. The van der Waals surface area contributed by atoms with E-state index >= 15 is 0 Å². The first-order valence-corrected chi connectivity index (χ1v) is 20.5. The minimum Gasteiger partial charge on any atom is -0.309 e. The van der Waals surface area contributed by atoms with E-state index in [1.54, 1.807) is 11.3 Å². The van der Waals surface area contributed by atoms with Crippen LogP contribution in [0.25, 0.3) is 110 Å². The van der Waals surface area contributed by atoms with E-state index in [0.717, 1.165) is 66.0 Å². The topological polar surface area (TPSA) is 61.4 Å². The van der Waals surface area contributed by atoms with Crippen molar-refractivity contribution in [3.05, 3.63) is 194 Å². The van der Waals surface area contributed by atoms with Gasteiger partial charge in [-0.2, -0.15) is 0 Å². The Morgan fingerprint density at radius 1 is 0.339 bits per heavy atom. The van der Waals surface area contributed by atoms with Crippen LogP contribution in [0.5, 0.6) is 0 Å². The number of hydrogen-bond acceptors (Lipinski definition) is 5. The van der Waals surface area contributed by atoms with Crippen molar-refractivity contribution >= 4 is 64.3 Å². The van der Waals surface area contributed by atoms with Gasteiger partial charge in [-0.15, -0.1) is 11.3 Å². The van der Waals surface area contributed by atoms with E-state index in [-0.39, 0.29) is 0 Å². The van der Waals surface area contributed by atoms with E-state index < -0.39 is 0 Å². The molecule has 0 saturated heterocycles. The van der Waals surface area contributed by atoms with Crippen LogP contribution >= 0.6 is 11.3 Å². The molecule has 0 N–H and O–H groups in total. The van der Waals surface area contributed by atoms with E-state index in [4.69, 9.17) is 19.9 Å². The molecule has 0 aliphatic carbocycles. The lowest BCUT2D eigenvalue weighted by Crippen LogP contribution is -2.01. The highest BCUT2D eigenvalue weighted by molar-refractivity contribution is 7.26. The molecule has 0 unspecified atom stereocenters. The van der Waals surface area contributed by atoms with Crippen LogP contribution in [-0.4, -0.2) is 29.1 Å². The summed E-state index contributed by atoms with van der Waals surface area (Å²) in [4.78, 5) is 20.9. The molecule has 7 heteroatoms. The Kier molecular flexibility index (Phi) is 7.61. The molecule has 12 aromatic rings. The van der Waals surface area contributed by atoms with E-state index in [2.05, 4.69) is 179 Å². The van der Waals surface area contributed by atoms with Crippen LogP contribution in [0.1, 0.15) is 0 Å². The summed E-state index contributed by atoms with van der Waals surface area (Å²) in [5, 5.41) is 4.71. The second-order valence-electron chi connectivity index (χ2n) is 14.6. The largest absolute Gasteiger partial charge is 0.309 e. The Morgan fingerprint density at radius 3 is 1.53 bits per heavy atom. The molecule has 0 saturated carbocycles. The van der Waals surface area contributed by atoms with E-state index in [1.807, 2.05) is 24.3 Å². The molecule has 0 radical (unpaired) electrons. The minimum absolute atomic E-state index is 0.616. The maximum atomic E-state index is 5.29. The first-order chi connectivity index (χ1) is 29.3. The predicted molar refractivity (Wildman–Crippen MR) is 243 cm³/mol. The zero-order valence-corrected chi connectivity index (χ0v) is 32.4. The van der Waals surface area contributed by atoms with Gasteiger partial charge in [-0.1, -0.05) is 121 Å². The van der Waals surface area contributed by atoms with Gasteiger partial charge in [0.25, 0.3) is 0 Å². The van der Waals surface area contributed by atoms with Gasteiger partial charge in [0.2, 0.25) is 0 Å². The van der Waals surface area contributed by atoms with E-state index in [0.29, 0.717) is 17.5 Å². The van der Waals surface area contributed by atoms with Crippen molar-refractivity contribution in [3.63, 3.8) is 0 Å². The number of fused-ring (bicyclic) bond motifs is 7. The number of nitrogens with zero attached hydrogens (tertiary/aromatic N) is 6. The number of imidazole rings is 1. The highest BCUT2D eigenvalue weighted by atomic mass is 32.1. The van der Waals surface area contributed by atoms with Gasteiger partial charge in [-0.05, 0) is 72.8 Å². The van der Waals surface area contributed by atoms with Crippen molar-refractivity contribution in [3.8, 4) is 56.9 Å². The molecule has 4 heterocycles. The second kappa shape index (κ2) is 13.4. The second-order valence-corrected chi connectivity index (χ2v) is 15.7. The third-order valence-corrected chi connectivity index (χ3v) is 12.3. The smallest absolute Gasteiger partial charge is 0.164 e. The Morgan fingerprint density at radius 2 is 0.847 bits per heavy atom. The molecule has 12 rings (SSSR count). The average molecular weight is 773 g/mol. The van der Waals surface area contributed by atoms with Gasteiger partial charge in [0.1, 0.15) is 5.82 Å². The van der Waals surface area contributed by atoms with Gasteiger partial charge >= 0.3 is 0 Å². The molecule has 0 atom stereocenters. The standard InChI is InChI=1S/C52H32N6S/c1-3-15-33(16-4-1)49-54-50(34-29-31-36(32-30-34)57-42-24-10-7-19-37(42)38-20-8-11-25-43(38)57)56-51(55-49)39-21-13-27-45-47(39)48-40(22-14-28-46(48)59-45)52-53-41-23-9-12-26-44(41)58(52)35-17-5-2-6-18-35/h1-32H. The van der Waals surface area contributed by atoms with E-state index in [1.165, 1.54) is 26.5 Å². The Bertz CT molecular complexity index is 3490. The molecule has 6 nitrogen and oxygen atoms in total. The molecule has 0 fully saturated rings. The van der Waals surface area contributed by atoms with Crippen LogP contribution in [0.3, 0.4) is 0 Å². The Labute approximate surface area is 343 Å². The summed E-state index contributed by atoms with van der Waals surface area (Å²) in [6.45, 7) is 0. The van der Waals surface area contributed by atoms with Gasteiger partial charge < -0.3 is 4.57 Å². The highest BCUT2D eigenvalue weighted by Gasteiger charge is 2.22. The average Bonchev–Trinajstić information content (AvgIpc) is 4.00. The van der Waals surface area contributed by atoms with Crippen LogP contribution in [0, 0.1) is 0 Å².